The van der Waals surface area contributed by atoms with Crippen LogP contribution in [-0.2, 0) is 5.41 Å². The van der Waals surface area contributed by atoms with Crippen LogP contribution in [0.15, 0.2) is 12.3 Å². The molecule has 0 amide bonds. The fraction of sp³-hybridized carbons (Fsp3) is 0.571. The van der Waals surface area contributed by atoms with Gasteiger partial charge in [-0.3, -0.25) is 0 Å². The molecule has 17 heavy (non-hydrogen) atoms. The van der Waals surface area contributed by atoms with Gasteiger partial charge in [0.25, 0.3) is 0 Å². The first kappa shape index (κ1) is 10.8. The first-order valence-corrected chi connectivity index (χ1v) is 6.57. The van der Waals surface area contributed by atoms with Crippen molar-refractivity contribution in [3.63, 3.8) is 0 Å². The zero-order valence-electron chi connectivity index (χ0n) is 10.6. The maximum atomic E-state index is 4.73. The maximum absolute atomic E-state index is 4.73. The molecule has 0 unspecified atom stereocenters. The van der Waals surface area contributed by atoms with Crippen molar-refractivity contribution in [2.45, 2.75) is 51.4 Å². The Morgan fingerprint density at radius 1 is 1.35 bits per heavy atom. The second-order valence-corrected chi connectivity index (χ2v) is 5.25. The van der Waals surface area contributed by atoms with Gasteiger partial charge in [-0.05, 0) is 37.8 Å². The van der Waals surface area contributed by atoms with Crippen LogP contribution in [0.2, 0.25) is 0 Å². The van der Waals surface area contributed by atoms with Crippen LogP contribution >= 0.6 is 0 Å². The summed E-state index contributed by atoms with van der Waals surface area (Å²) in [6.45, 7) is 4.39. The zero-order valence-corrected chi connectivity index (χ0v) is 10.6. The van der Waals surface area contributed by atoms with E-state index in [-0.39, 0.29) is 5.41 Å². The van der Waals surface area contributed by atoms with E-state index in [4.69, 9.17) is 4.98 Å². The van der Waals surface area contributed by atoms with Crippen molar-refractivity contribution in [3.05, 3.63) is 23.7 Å². The van der Waals surface area contributed by atoms with Gasteiger partial charge >= 0.3 is 0 Å². The summed E-state index contributed by atoms with van der Waals surface area (Å²) in [6.07, 6.45) is 8.21. The molecule has 3 rings (SSSR count). The number of nitrogens with one attached hydrogen (secondary N) is 1. The van der Waals surface area contributed by atoms with Crippen LogP contribution in [0.4, 0.5) is 0 Å². The molecule has 0 aromatic carbocycles. The lowest BCUT2D eigenvalue weighted by atomic mass is 9.83. The minimum absolute atomic E-state index is 0.285. The number of fused-ring (bicyclic) bond motifs is 1. The number of nitrogens with zero attached hydrogens (tertiary/aromatic N) is 2. The lowest BCUT2D eigenvalue weighted by molar-refractivity contribution is 0.403. The average molecular weight is 229 g/mol. The van der Waals surface area contributed by atoms with Gasteiger partial charge in [-0.2, -0.15) is 0 Å². The Morgan fingerprint density at radius 2 is 2.12 bits per heavy atom. The van der Waals surface area contributed by atoms with E-state index in [0.29, 0.717) is 0 Å². The molecule has 0 bridgehead atoms. The number of hydrogen-bond acceptors (Lipinski definition) is 2. The molecule has 0 saturated heterocycles. The van der Waals surface area contributed by atoms with Crippen molar-refractivity contribution in [1.29, 1.82) is 0 Å². The Bertz CT molecular complexity index is 535. The molecule has 1 aliphatic carbocycles. The molecule has 1 N–H and O–H groups in total. The summed E-state index contributed by atoms with van der Waals surface area (Å²) in [5, 5.41) is 0. The average Bonchev–Trinajstić information content (AvgIpc) is 2.96. The van der Waals surface area contributed by atoms with Gasteiger partial charge in [0.15, 0.2) is 5.65 Å². The number of hydrogen-bond donors (Lipinski definition) is 1. The Hall–Kier alpha value is -1.38. The Balaban J connectivity index is 2.14. The quantitative estimate of drug-likeness (QED) is 0.856. The van der Waals surface area contributed by atoms with Crippen molar-refractivity contribution in [1.82, 2.24) is 15.0 Å². The lowest BCUT2D eigenvalue weighted by Gasteiger charge is -2.24. The largest absolute Gasteiger partial charge is 0.340 e. The summed E-state index contributed by atoms with van der Waals surface area (Å²) in [5.41, 5.74) is 3.51. The van der Waals surface area contributed by atoms with Crippen LogP contribution in [0.25, 0.3) is 11.2 Å². The Kier molecular flexibility index (Phi) is 2.42. The minimum Gasteiger partial charge on any atom is -0.340 e. The summed E-state index contributed by atoms with van der Waals surface area (Å²) in [4.78, 5) is 12.6. The highest BCUT2D eigenvalue weighted by Crippen LogP contribution is 2.42. The molecule has 2 aromatic rings. The minimum atomic E-state index is 0.285. The van der Waals surface area contributed by atoms with Gasteiger partial charge in [-0.15, -0.1) is 0 Å². The van der Waals surface area contributed by atoms with Crippen molar-refractivity contribution in [2.75, 3.05) is 0 Å². The van der Waals surface area contributed by atoms with Gasteiger partial charge in [-0.25, -0.2) is 9.97 Å². The third kappa shape index (κ3) is 1.56. The Labute approximate surface area is 102 Å². The molecular weight excluding hydrogens is 210 g/mol. The third-order valence-corrected chi connectivity index (χ3v) is 4.34. The molecule has 90 valence electrons. The molecule has 0 atom stereocenters. The van der Waals surface area contributed by atoms with Crippen LogP contribution in [0, 0.1) is 6.92 Å². The molecule has 2 aromatic heterocycles. The summed E-state index contributed by atoms with van der Waals surface area (Å²) >= 11 is 0. The fourth-order valence-electron chi connectivity index (χ4n) is 3.10. The van der Waals surface area contributed by atoms with Crippen molar-refractivity contribution in [3.8, 4) is 0 Å². The summed E-state index contributed by atoms with van der Waals surface area (Å²) in [6, 6.07) is 2.04. The van der Waals surface area contributed by atoms with E-state index in [2.05, 4.69) is 23.8 Å². The molecule has 1 saturated carbocycles. The van der Waals surface area contributed by atoms with Gasteiger partial charge in [0.05, 0.1) is 5.52 Å². The third-order valence-electron chi connectivity index (χ3n) is 4.34. The molecule has 0 spiro atoms. The van der Waals surface area contributed by atoms with E-state index in [1.807, 2.05) is 12.3 Å². The fourth-order valence-corrected chi connectivity index (χ4v) is 3.10. The standard InChI is InChI=1S/C14H19N3/c1-3-14(7-4-5-8-14)13-16-11-10(2)6-9-15-12(11)17-13/h6,9H,3-5,7-8H2,1-2H3,(H,15,16,17). The molecule has 2 heterocycles. The first-order valence-electron chi connectivity index (χ1n) is 6.57. The van der Waals surface area contributed by atoms with Crippen LogP contribution in [0.1, 0.15) is 50.4 Å². The van der Waals surface area contributed by atoms with E-state index >= 15 is 0 Å². The SMILES string of the molecule is CCC1(c2nc3nccc(C)c3[nH]2)CCCC1. The molecule has 0 aliphatic heterocycles. The van der Waals surface area contributed by atoms with Crippen molar-refractivity contribution >= 4 is 11.2 Å². The molecule has 1 aliphatic rings. The van der Waals surface area contributed by atoms with E-state index in [0.717, 1.165) is 17.0 Å². The van der Waals surface area contributed by atoms with E-state index in [9.17, 15) is 0 Å². The highest BCUT2D eigenvalue weighted by molar-refractivity contribution is 5.74. The van der Waals surface area contributed by atoms with E-state index in [1.54, 1.807) is 0 Å². The predicted molar refractivity (Wildman–Crippen MR) is 69.1 cm³/mol. The maximum Gasteiger partial charge on any atom is 0.177 e. The monoisotopic (exact) mass is 229 g/mol. The number of aromatic amines is 1. The molecule has 3 heteroatoms. The van der Waals surface area contributed by atoms with Gasteiger partial charge in [0.2, 0.25) is 0 Å². The summed E-state index contributed by atoms with van der Waals surface area (Å²) in [5.74, 6) is 1.16. The number of H-pyrrole nitrogens is 1. The van der Waals surface area contributed by atoms with Crippen LogP contribution < -0.4 is 0 Å². The second-order valence-electron chi connectivity index (χ2n) is 5.25. The Morgan fingerprint density at radius 3 is 2.76 bits per heavy atom. The highest BCUT2D eigenvalue weighted by Gasteiger charge is 2.36. The molecule has 3 nitrogen and oxygen atoms in total. The smallest absolute Gasteiger partial charge is 0.177 e. The topological polar surface area (TPSA) is 41.6 Å². The zero-order chi connectivity index (χ0) is 11.9. The van der Waals surface area contributed by atoms with Gasteiger partial charge in [0, 0.05) is 11.6 Å². The van der Waals surface area contributed by atoms with Crippen LogP contribution in [-0.4, -0.2) is 15.0 Å². The first-order chi connectivity index (χ1) is 8.25. The summed E-state index contributed by atoms with van der Waals surface area (Å²) < 4.78 is 0. The summed E-state index contributed by atoms with van der Waals surface area (Å²) in [7, 11) is 0. The number of aromatic nitrogens is 3. The van der Waals surface area contributed by atoms with Crippen LogP contribution in [0.5, 0.6) is 0 Å². The van der Waals surface area contributed by atoms with Gasteiger partial charge in [0.1, 0.15) is 5.82 Å². The van der Waals surface area contributed by atoms with Gasteiger partial charge < -0.3 is 4.98 Å². The number of aryl methyl sites for hydroxylation is 1. The second kappa shape index (κ2) is 3.83. The highest BCUT2D eigenvalue weighted by atomic mass is 15.0. The van der Waals surface area contributed by atoms with Crippen molar-refractivity contribution in [2.24, 2.45) is 0 Å². The number of pyridine rings is 1. The molecule has 1 fully saturated rings. The molecule has 0 radical (unpaired) electrons. The van der Waals surface area contributed by atoms with Crippen molar-refractivity contribution < 1.29 is 0 Å². The van der Waals surface area contributed by atoms with E-state index in [1.165, 1.54) is 37.7 Å². The normalized spacial score (nSPS) is 18.9. The lowest BCUT2D eigenvalue weighted by Crippen LogP contribution is -2.22. The number of imidazole rings is 1. The van der Waals surface area contributed by atoms with Crippen LogP contribution in [0.3, 0.4) is 0 Å². The van der Waals surface area contributed by atoms with E-state index < -0.39 is 0 Å². The number of rotatable bonds is 2. The molecular formula is C14H19N3. The van der Waals surface area contributed by atoms with Gasteiger partial charge in [-0.1, -0.05) is 19.8 Å². The predicted octanol–water partition coefficient (Wildman–Crippen LogP) is 3.49.